The molecule has 0 saturated heterocycles. The number of ketones is 1. The molecule has 1 aromatic rings. The normalized spacial score (nSPS) is 11.4. The summed E-state index contributed by atoms with van der Waals surface area (Å²) in [5, 5.41) is 0. The average Bonchev–Trinajstić information content (AvgIpc) is 2.47. The summed E-state index contributed by atoms with van der Waals surface area (Å²) < 4.78 is 0. The molecule has 0 saturated carbocycles. The van der Waals surface area contributed by atoms with E-state index in [0.717, 1.165) is 10.6 Å². The van der Waals surface area contributed by atoms with Gasteiger partial charge in [0.1, 0.15) is 0 Å². The molecule has 70 valence electrons. The minimum absolute atomic E-state index is 0.0636. The Bertz CT molecular complexity index is 325. The van der Waals surface area contributed by atoms with Crippen LogP contribution in [-0.2, 0) is 0 Å². The summed E-state index contributed by atoms with van der Waals surface area (Å²) in [6, 6.07) is 0. The van der Waals surface area contributed by atoms with Crippen LogP contribution in [0.4, 0.5) is 0 Å². The van der Waals surface area contributed by atoms with Gasteiger partial charge in [0.05, 0.1) is 16.1 Å². The van der Waals surface area contributed by atoms with Crippen molar-refractivity contribution in [1.29, 1.82) is 0 Å². The van der Waals surface area contributed by atoms with Crippen molar-refractivity contribution in [3.8, 4) is 0 Å². The van der Waals surface area contributed by atoms with E-state index in [1.54, 1.807) is 11.6 Å². The molecule has 1 rings (SSSR count). The average molecular weight is 195 g/mol. The van der Waals surface area contributed by atoms with Crippen molar-refractivity contribution in [3.63, 3.8) is 0 Å². The molecule has 0 unspecified atom stereocenters. The lowest BCUT2D eigenvalue weighted by Crippen LogP contribution is -1.94. The van der Waals surface area contributed by atoms with E-state index in [1.807, 2.05) is 26.8 Å². The first-order valence-electron chi connectivity index (χ1n) is 4.24. The maximum atomic E-state index is 11.5. The van der Waals surface area contributed by atoms with Gasteiger partial charge in [-0.15, -0.1) is 11.3 Å². The highest BCUT2D eigenvalue weighted by molar-refractivity contribution is 7.12. The monoisotopic (exact) mass is 195 g/mol. The number of hydrogen-bond acceptors (Lipinski definition) is 3. The van der Waals surface area contributed by atoms with Crippen molar-refractivity contribution in [2.45, 2.75) is 20.8 Å². The van der Waals surface area contributed by atoms with E-state index >= 15 is 0 Å². The number of carbonyl (C=O) groups excluding carboxylic acids is 1. The summed E-state index contributed by atoms with van der Waals surface area (Å²) in [6.07, 6.45) is 3.53. The number of aromatic nitrogens is 1. The van der Waals surface area contributed by atoms with Crippen LogP contribution in [0.25, 0.3) is 0 Å². The number of thiazole rings is 1. The van der Waals surface area contributed by atoms with E-state index in [0.29, 0.717) is 5.92 Å². The minimum Gasteiger partial charge on any atom is -0.288 e. The maximum Gasteiger partial charge on any atom is 0.197 e. The number of rotatable bonds is 3. The molecule has 1 heterocycles. The van der Waals surface area contributed by atoms with Crippen LogP contribution in [0.3, 0.4) is 0 Å². The number of aryl methyl sites for hydroxylation is 1. The Morgan fingerprint density at radius 1 is 1.62 bits per heavy atom. The number of nitrogens with zero attached hydrogens (tertiary/aromatic N) is 1. The smallest absolute Gasteiger partial charge is 0.197 e. The molecular weight excluding hydrogens is 182 g/mol. The van der Waals surface area contributed by atoms with E-state index < -0.39 is 0 Å². The van der Waals surface area contributed by atoms with Crippen LogP contribution in [0.5, 0.6) is 0 Å². The fourth-order valence-electron chi connectivity index (χ4n) is 0.894. The van der Waals surface area contributed by atoms with Gasteiger partial charge in [-0.1, -0.05) is 19.9 Å². The largest absolute Gasteiger partial charge is 0.288 e. The molecule has 0 atom stereocenters. The summed E-state index contributed by atoms with van der Waals surface area (Å²) in [6.45, 7) is 5.94. The first-order chi connectivity index (χ1) is 6.11. The molecule has 0 aliphatic rings. The third-order valence-electron chi connectivity index (χ3n) is 1.60. The zero-order chi connectivity index (χ0) is 9.84. The fourth-order valence-corrected chi connectivity index (χ4v) is 1.62. The SMILES string of the molecule is Cc1ncsc1C(=O)/C=C/C(C)C. The molecule has 2 nitrogen and oxygen atoms in total. The van der Waals surface area contributed by atoms with E-state index in [4.69, 9.17) is 0 Å². The van der Waals surface area contributed by atoms with E-state index in [9.17, 15) is 4.79 Å². The molecule has 0 spiro atoms. The molecular formula is C10H13NOS. The van der Waals surface area contributed by atoms with Crippen LogP contribution < -0.4 is 0 Å². The van der Waals surface area contributed by atoms with Crippen molar-refractivity contribution in [2.75, 3.05) is 0 Å². The van der Waals surface area contributed by atoms with Gasteiger partial charge >= 0.3 is 0 Å². The van der Waals surface area contributed by atoms with Gasteiger partial charge in [0.25, 0.3) is 0 Å². The van der Waals surface area contributed by atoms with Crippen molar-refractivity contribution >= 4 is 17.1 Å². The topological polar surface area (TPSA) is 30.0 Å². The van der Waals surface area contributed by atoms with Crippen molar-refractivity contribution < 1.29 is 4.79 Å². The Hall–Kier alpha value is -0.960. The van der Waals surface area contributed by atoms with Crippen LogP contribution >= 0.6 is 11.3 Å². The van der Waals surface area contributed by atoms with Crippen molar-refractivity contribution in [1.82, 2.24) is 4.98 Å². The molecule has 0 fully saturated rings. The van der Waals surface area contributed by atoms with E-state index in [1.165, 1.54) is 11.3 Å². The molecule has 0 aliphatic heterocycles. The quantitative estimate of drug-likeness (QED) is 0.548. The minimum atomic E-state index is 0.0636. The van der Waals surface area contributed by atoms with Gasteiger partial charge in [-0.25, -0.2) is 4.98 Å². The number of carbonyl (C=O) groups is 1. The maximum absolute atomic E-state index is 11.5. The summed E-state index contributed by atoms with van der Waals surface area (Å²) in [5.41, 5.74) is 2.52. The van der Waals surface area contributed by atoms with E-state index in [-0.39, 0.29) is 5.78 Å². The molecule has 0 aromatic carbocycles. The zero-order valence-corrected chi connectivity index (χ0v) is 8.89. The molecule has 0 radical (unpaired) electrons. The Morgan fingerprint density at radius 3 is 2.77 bits per heavy atom. The molecule has 0 amide bonds. The molecule has 13 heavy (non-hydrogen) atoms. The Morgan fingerprint density at radius 2 is 2.31 bits per heavy atom. The lowest BCUT2D eigenvalue weighted by Gasteiger charge is -1.93. The Labute approximate surface area is 82.3 Å². The predicted molar refractivity (Wildman–Crippen MR) is 55.2 cm³/mol. The van der Waals surface area contributed by atoms with Gasteiger partial charge in [-0.05, 0) is 18.9 Å². The van der Waals surface area contributed by atoms with Crippen molar-refractivity contribution in [2.24, 2.45) is 5.92 Å². The summed E-state index contributed by atoms with van der Waals surface area (Å²) >= 11 is 1.40. The lowest BCUT2D eigenvalue weighted by molar-refractivity contribution is 0.104. The van der Waals surface area contributed by atoms with Gasteiger partial charge in [-0.3, -0.25) is 4.79 Å². The molecule has 0 N–H and O–H groups in total. The molecule has 3 heteroatoms. The van der Waals surface area contributed by atoms with Crippen LogP contribution in [0.2, 0.25) is 0 Å². The lowest BCUT2D eigenvalue weighted by atomic mass is 10.1. The predicted octanol–water partition coefficient (Wildman–Crippen LogP) is 2.85. The Balaban J connectivity index is 2.75. The Kier molecular flexibility index (Phi) is 3.37. The van der Waals surface area contributed by atoms with Crippen molar-refractivity contribution in [3.05, 3.63) is 28.2 Å². The highest BCUT2D eigenvalue weighted by Crippen LogP contribution is 2.13. The standard InChI is InChI=1S/C10H13NOS/c1-7(2)4-5-9(12)10-8(3)11-6-13-10/h4-7H,1-3H3/b5-4+. The first kappa shape index (κ1) is 10.1. The van der Waals surface area contributed by atoms with Gasteiger partial charge in [-0.2, -0.15) is 0 Å². The zero-order valence-electron chi connectivity index (χ0n) is 8.07. The summed E-state index contributed by atoms with van der Waals surface area (Å²) in [7, 11) is 0. The first-order valence-corrected chi connectivity index (χ1v) is 5.12. The third kappa shape index (κ3) is 2.77. The van der Waals surface area contributed by atoms with Crippen LogP contribution in [0.1, 0.15) is 29.2 Å². The van der Waals surface area contributed by atoms with Gasteiger partial charge in [0.15, 0.2) is 5.78 Å². The summed E-state index contributed by atoms with van der Waals surface area (Å²) in [4.78, 5) is 16.3. The number of hydrogen-bond donors (Lipinski definition) is 0. The second-order valence-corrected chi connectivity index (χ2v) is 4.09. The molecule has 0 aliphatic carbocycles. The second-order valence-electron chi connectivity index (χ2n) is 3.23. The van der Waals surface area contributed by atoms with Crippen LogP contribution in [0, 0.1) is 12.8 Å². The highest BCUT2D eigenvalue weighted by Gasteiger charge is 2.07. The molecule has 0 bridgehead atoms. The number of allylic oxidation sites excluding steroid dienone is 2. The molecule has 1 aromatic heterocycles. The van der Waals surface area contributed by atoms with Crippen LogP contribution in [0.15, 0.2) is 17.7 Å². The third-order valence-corrected chi connectivity index (χ3v) is 2.54. The second kappa shape index (κ2) is 4.33. The fraction of sp³-hybridized carbons (Fsp3) is 0.400. The highest BCUT2D eigenvalue weighted by atomic mass is 32.1. The van der Waals surface area contributed by atoms with E-state index in [2.05, 4.69) is 4.98 Å². The van der Waals surface area contributed by atoms with Crippen LogP contribution in [-0.4, -0.2) is 10.8 Å². The van der Waals surface area contributed by atoms with Gasteiger partial charge in [0.2, 0.25) is 0 Å². The summed E-state index contributed by atoms with van der Waals surface area (Å²) in [5.74, 6) is 0.478. The van der Waals surface area contributed by atoms with Gasteiger partial charge in [0, 0.05) is 0 Å². The van der Waals surface area contributed by atoms with Gasteiger partial charge < -0.3 is 0 Å².